The lowest BCUT2D eigenvalue weighted by atomic mass is 9.98. The second kappa shape index (κ2) is 8.04. The summed E-state index contributed by atoms with van der Waals surface area (Å²) in [6, 6.07) is 8.79. The maximum Gasteiger partial charge on any atom is 0.417 e. The number of aromatic nitrogens is 1. The van der Waals surface area contributed by atoms with Crippen LogP contribution in [0.5, 0.6) is 0 Å². The van der Waals surface area contributed by atoms with E-state index in [2.05, 4.69) is 9.71 Å². The Morgan fingerprint density at radius 3 is 2.13 bits per heavy atom. The molecule has 164 valence electrons. The number of benzene rings is 2. The minimum absolute atomic E-state index is 0.0189. The number of anilines is 1. The predicted molar refractivity (Wildman–Crippen MR) is 102 cm³/mol. The van der Waals surface area contributed by atoms with Gasteiger partial charge in [0.25, 0.3) is 10.0 Å². The van der Waals surface area contributed by atoms with Crippen LogP contribution in [0.25, 0.3) is 11.1 Å². The van der Waals surface area contributed by atoms with Crippen molar-refractivity contribution >= 4 is 27.4 Å². The third-order valence-electron chi connectivity index (χ3n) is 4.07. The molecule has 0 amide bonds. The maximum absolute atomic E-state index is 13.3. The van der Waals surface area contributed by atoms with E-state index in [0.29, 0.717) is 12.1 Å². The van der Waals surface area contributed by atoms with E-state index in [1.807, 2.05) is 0 Å². The molecule has 1 aromatic heterocycles. The van der Waals surface area contributed by atoms with Crippen LogP contribution in [-0.2, 0) is 22.4 Å². The summed E-state index contributed by atoms with van der Waals surface area (Å²) in [6.07, 6.45) is -9.07. The molecule has 0 aliphatic heterocycles. The van der Waals surface area contributed by atoms with Gasteiger partial charge < -0.3 is 0 Å². The van der Waals surface area contributed by atoms with E-state index < -0.39 is 39.1 Å². The number of hydrogen-bond donors (Lipinski definition) is 1. The highest BCUT2D eigenvalue weighted by molar-refractivity contribution is 7.92. The zero-order valence-corrected chi connectivity index (χ0v) is 16.7. The first-order valence-corrected chi connectivity index (χ1v) is 10.2. The standard InChI is InChI=1S/C19H11ClF6N2O2S/c20-13-2-1-3-14(9-13)31(29,30)28-17-7-4-11(10-27-17)15-6-5-12(18(21,22)23)8-16(15)19(24,25)26/h1-10H,(H,27,28). The average Bonchev–Trinajstić information content (AvgIpc) is 2.66. The second-order valence-electron chi connectivity index (χ2n) is 6.25. The molecule has 0 aliphatic carbocycles. The van der Waals surface area contributed by atoms with Crippen LogP contribution in [0.4, 0.5) is 32.2 Å². The van der Waals surface area contributed by atoms with Gasteiger partial charge in [0, 0.05) is 16.8 Å². The van der Waals surface area contributed by atoms with E-state index in [1.165, 1.54) is 24.3 Å². The van der Waals surface area contributed by atoms with Crippen LogP contribution < -0.4 is 4.72 Å². The van der Waals surface area contributed by atoms with Crippen molar-refractivity contribution in [2.75, 3.05) is 4.72 Å². The molecule has 0 fully saturated rings. The van der Waals surface area contributed by atoms with E-state index in [4.69, 9.17) is 11.6 Å². The Morgan fingerprint density at radius 1 is 0.871 bits per heavy atom. The number of rotatable bonds is 4. The largest absolute Gasteiger partial charge is 0.417 e. The van der Waals surface area contributed by atoms with Crippen molar-refractivity contribution in [1.29, 1.82) is 0 Å². The predicted octanol–water partition coefficient (Wildman–Crippen LogP) is 6.24. The Morgan fingerprint density at radius 2 is 1.58 bits per heavy atom. The van der Waals surface area contributed by atoms with Crippen LogP contribution in [0, 0.1) is 0 Å². The van der Waals surface area contributed by atoms with Crippen LogP contribution in [0.3, 0.4) is 0 Å². The summed E-state index contributed by atoms with van der Waals surface area (Å²) < 4.78 is 105. The molecule has 0 saturated heterocycles. The maximum atomic E-state index is 13.3. The lowest BCUT2D eigenvalue weighted by molar-refractivity contribution is -0.142. The van der Waals surface area contributed by atoms with Crippen molar-refractivity contribution < 1.29 is 34.8 Å². The number of halogens is 7. The fourth-order valence-corrected chi connectivity index (χ4v) is 3.96. The van der Waals surface area contributed by atoms with E-state index in [-0.39, 0.29) is 27.4 Å². The number of sulfonamides is 1. The minimum atomic E-state index is -5.05. The summed E-state index contributed by atoms with van der Waals surface area (Å²) in [4.78, 5) is 3.61. The van der Waals surface area contributed by atoms with Gasteiger partial charge in [-0.15, -0.1) is 0 Å². The Bertz CT molecular complexity index is 1210. The van der Waals surface area contributed by atoms with E-state index in [9.17, 15) is 34.8 Å². The summed E-state index contributed by atoms with van der Waals surface area (Å²) in [7, 11) is -4.07. The summed E-state index contributed by atoms with van der Waals surface area (Å²) in [5.74, 6) is -0.204. The molecular formula is C19H11ClF6N2O2S. The summed E-state index contributed by atoms with van der Waals surface area (Å²) >= 11 is 5.76. The van der Waals surface area contributed by atoms with E-state index >= 15 is 0 Å². The molecule has 0 unspecified atom stereocenters. The van der Waals surface area contributed by atoms with Gasteiger partial charge in [0.2, 0.25) is 0 Å². The van der Waals surface area contributed by atoms with Crippen molar-refractivity contribution in [3.05, 3.63) is 76.9 Å². The highest BCUT2D eigenvalue weighted by Crippen LogP contribution is 2.40. The van der Waals surface area contributed by atoms with Gasteiger partial charge in [0.1, 0.15) is 5.82 Å². The first-order chi connectivity index (χ1) is 14.3. The quantitative estimate of drug-likeness (QED) is 0.450. The van der Waals surface area contributed by atoms with Crippen molar-refractivity contribution in [2.24, 2.45) is 0 Å². The van der Waals surface area contributed by atoms with Gasteiger partial charge in [-0.05, 0) is 48.0 Å². The van der Waals surface area contributed by atoms with Gasteiger partial charge in [0.15, 0.2) is 0 Å². The lowest BCUT2D eigenvalue weighted by Gasteiger charge is -2.16. The van der Waals surface area contributed by atoms with Crippen molar-refractivity contribution in [2.45, 2.75) is 17.2 Å². The van der Waals surface area contributed by atoms with Crippen LogP contribution >= 0.6 is 11.6 Å². The molecule has 0 radical (unpaired) electrons. The molecule has 2 aromatic carbocycles. The molecule has 4 nitrogen and oxygen atoms in total. The topological polar surface area (TPSA) is 59.1 Å². The third kappa shape index (κ3) is 5.28. The zero-order chi connectivity index (χ0) is 23.0. The molecule has 0 atom stereocenters. The molecule has 1 heterocycles. The SMILES string of the molecule is O=S(=O)(Nc1ccc(-c2ccc(C(F)(F)F)cc2C(F)(F)F)cn1)c1cccc(Cl)c1. The van der Waals surface area contributed by atoms with Gasteiger partial charge >= 0.3 is 12.4 Å². The summed E-state index contributed by atoms with van der Waals surface area (Å²) in [5.41, 5.74) is -3.61. The highest BCUT2D eigenvalue weighted by atomic mass is 35.5. The molecule has 1 N–H and O–H groups in total. The van der Waals surface area contributed by atoms with Gasteiger partial charge in [0.05, 0.1) is 16.0 Å². The summed E-state index contributed by atoms with van der Waals surface area (Å²) in [5, 5.41) is 0.174. The number of nitrogens with zero attached hydrogens (tertiary/aromatic N) is 1. The first-order valence-electron chi connectivity index (χ1n) is 8.31. The lowest BCUT2D eigenvalue weighted by Crippen LogP contribution is -2.14. The van der Waals surface area contributed by atoms with Gasteiger partial charge in [-0.25, -0.2) is 13.4 Å². The molecular weight excluding hydrogens is 470 g/mol. The Labute approximate surface area is 177 Å². The molecule has 31 heavy (non-hydrogen) atoms. The van der Waals surface area contributed by atoms with Gasteiger partial charge in [-0.3, -0.25) is 4.72 Å². The summed E-state index contributed by atoms with van der Waals surface area (Å²) in [6.45, 7) is 0. The molecule has 0 spiro atoms. The fraction of sp³-hybridized carbons (Fsp3) is 0.105. The number of hydrogen-bond acceptors (Lipinski definition) is 3. The van der Waals surface area contributed by atoms with Crippen molar-refractivity contribution in [3.8, 4) is 11.1 Å². The monoisotopic (exact) mass is 480 g/mol. The van der Waals surface area contributed by atoms with Gasteiger partial charge in [-0.2, -0.15) is 26.3 Å². The molecule has 0 saturated carbocycles. The van der Waals surface area contributed by atoms with Crippen molar-refractivity contribution in [1.82, 2.24) is 4.98 Å². The van der Waals surface area contributed by atoms with E-state index in [0.717, 1.165) is 18.3 Å². The molecule has 0 bridgehead atoms. The van der Waals surface area contributed by atoms with Crippen LogP contribution in [0.15, 0.2) is 65.7 Å². The molecule has 3 aromatic rings. The zero-order valence-electron chi connectivity index (χ0n) is 15.1. The number of pyridine rings is 1. The van der Waals surface area contributed by atoms with Crippen LogP contribution in [0.1, 0.15) is 11.1 Å². The smallest absolute Gasteiger partial charge is 0.263 e. The Balaban J connectivity index is 1.95. The minimum Gasteiger partial charge on any atom is -0.263 e. The third-order valence-corrected chi connectivity index (χ3v) is 5.66. The van der Waals surface area contributed by atoms with Crippen LogP contribution in [0.2, 0.25) is 5.02 Å². The normalized spacial score (nSPS) is 12.6. The molecule has 12 heteroatoms. The van der Waals surface area contributed by atoms with Crippen molar-refractivity contribution in [3.63, 3.8) is 0 Å². The fourth-order valence-electron chi connectivity index (χ4n) is 2.65. The number of alkyl halides is 6. The Kier molecular flexibility index (Phi) is 5.94. The Hall–Kier alpha value is -2.79. The molecule has 0 aliphatic rings. The highest BCUT2D eigenvalue weighted by Gasteiger charge is 2.38. The van der Waals surface area contributed by atoms with Crippen LogP contribution in [-0.4, -0.2) is 13.4 Å². The van der Waals surface area contributed by atoms with E-state index in [1.54, 1.807) is 0 Å². The average molecular weight is 481 g/mol. The first kappa shape index (κ1) is 22.9. The second-order valence-corrected chi connectivity index (χ2v) is 8.37. The number of nitrogens with one attached hydrogen (secondary N) is 1. The van der Waals surface area contributed by atoms with Gasteiger partial charge in [-0.1, -0.05) is 23.7 Å². The molecule has 3 rings (SSSR count).